The maximum absolute atomic E-state index is 14.1. The van der Waals surface area contributed by atoms with E-state index in [-0.39, 0.29) is 23.3 Å². The predicted molar refractivity (Wildman–Crippen MR) is 169 cm³/mol. The molecule has 3 rings (SSSR count). The van der Waals surface area contributed by atoms with E-state index >= 15 is 0 Å². The molecule has 7 heteroatoms. The number of carbonyl (C=O) groups excluding carboxylic acids is 2. The van der Waals surface area contributed by atoms with Gasteiger partial charge in [0.2, 0.25) is 5.91 Å². The van der Waals surface area contributed by atoms with E-state index in [0.717, 1.165) is 5.56 Å². The highest BCUT2D eigenvalue weighted by atomic mass is 28.4. The van der Waals surface area contributed by atoms with Crippen molar-refractivity contribution in [2.24, 2.45) is 0 Å². The van der Waals surface area contributed by atoms with Crippen molar-refractivity contribution in [1.82, 2.24) is 9.96 Å². The van der Waals surface area contributed by atoms with Gasteiger partial charge in [0.25, 0.3) is 14.2 Å². The quantitative estimate of drug-likeness (QED) is 0.226. The molecule has 0 radical (unpaired) electrons. The molecule has 0 aliphatic carbocycles. The first-order valence-corrected chi connectivity index (χ1v) is 16.2. The first-order chi connectivity index (χ1) is 19.3. The third kappa shape index (κ3) is 7.53. The molecular formula is C34H46N2O4Si. The summed E-state index contributed by atoms with van der Waals surface area (Å²) < 4.78 is 7.11. The lowest BCUT2D eigenvalue weighted by Crippen LogP contribution is -2.67. The molecule has 6 nitrogen and oxygen atoms in total. The normalized spacial score (nSPS) is 12.2. The van der Waals surface area contributed by atoms with Crippen LogP contribution in [0.2, 0.25) is 5.04 Å². The van der Waals surface area contributed by atoms with Crippen molar-refractivity contribution in [3.63, 3.8) is 0 Å². The van der Waals surface area contributed by atoms with Crippen molar-refractivity contribution in [3.05, 3.63) is 96.1 Å². The summed E-state index contributed by atoms with van der Waals surface area (Å²) in [7, 11) is 0.322. The zero-order valence-electron chi connectivity index (χ0n) is 25.9. The molecule has 41 heavy (non-hydrogen) atoms. The highest BCUT2D eigenvalue weighted by Gasteiger charge is 2.50. The molecule has 0 saturated heterocycles. The fourth-order valence-corrected chi connectivity index (χ4v) is 9.94. The van der Waals surface area contributed by atoms with Crippen LogP contribution in [0.4, 0.5) is 0 Å². The third-order valence-corrected chi connectivity index (χ3v) is 12.6. The first-order valence-electron chi connectivity index (χ1n) is 14.3. The van der Waals surface area contributed by atoms with E-state index in [0.29, 0.717) is 25.1 Å². The van der Waals surface area contributed by atoms with Gasteiger partial charge in [-0.05, 0) is 54.2 Å². The molecule has 0 aliphatic heterocycles. The van der Waals surface area contributed by atoms with Crippen LogP contribution in [0, 0.1) is 0 Å². The van der Waals surface area contributed by atoms with Crippen LogP contribution in [0.15, 0.2) is 84.9 Å². The minimum Gasteiger partial charge on any atom is -0.406 e. The fraction of sp³-hybridized carbons (Fsp3) is 0.412. The molecule has 0 aliphatic rings. The lowest BCUT2D eigenvalue weighted by molar-refractivity contribution is -0.168. The molecule has 0 aromatic heterocycles. The molecule has 220 valence electrons. The smallest absolute Gasteiger partial charge is 0.261 e. The van der Waals surface area contributed by atoms with E-state index in [1.807, 2.05) is 62.1 Å². The largest absolute Gasteiger partial charge is 0.406 e. The zero-order chi connectivity index (χ0) is 30.3. The summed E-state index contributed by atoms with van der Waals surface area (Å²) in [5.41, 5.74) is 1.02. The maximum Gasteiger partial charge on any atom is 0.261 e. The van der Waals surface area contributed by atoms with Gasteiger partial charge in [-0.25, -0.2) is 5.06 Å². The molecule has 3 aromatic carbocycles. The second-order valence-electron chi connectivity index (χ2n) is 12.4. The second kappa shape index (κ2) is 13.6. The van der Waals surface area contributed by atoms with Gasteiger partial charge in [0.15, 0.2) is 0 Å². The number of rotatable bonds is 11. The summed E-state index contributed by atoms with van der Waals surface area (Å²) in [4.78, 5) is 33.4. The van der Waals surface area contributed by atoms with Crippen molar-refractivity contribution >= 4 is 30.5 Å². The topological polar surface area (TPSA) is 59.1 Å². The molecule has 0 spiro atoms. The number of hydrogen-bond acceptors (Lipinski definition) is 4. The molecule has 0 N–H and O–H groups in total. The van der Waals surface area contributed by atoms with E-state index in [1.54, 1.807) is 7.05 Å². The molecule has 0 atom stereocenters. The Labute approximate surface area is 247 Å². The Kier molecular flexibility index (Phi) is 10.7. The predicted octanol–water partition coefficient (Wildman–Crippen LogP) is 5.46. The van der Waals surface area contributed by atoms with Crippen LogP contribution in [0.1, 0.15) is 63.9 Å². The van der Waals surface area contributed by atoms with Crippen LogP contribution in [-0.2, 0) is 20.5 Å². The molecule has 0 bridgehead atoms. The Morgan fingerprint density at radius 1 is 0.780 bits per heavy atom. The number of aryl methyl sites for hydroxylation is 1. The summed E-state index contributed by atoms with van der Waals surface area (Å²) >= 11 is 0. The summed E-state index contributed by atoms with van der Waals surface area (Å²) in [6.07, 6.45) is 0.701. The zero-order valence-corrected chi connectivity index (χ0v) is 26.9. The Morgan fingerprint density at radius 2 is 1.29 bits per heavy atom. The molecular weight excluding hydrogens is 528 g/mol. The van der Waals surface area contributed by atoms with E-state index < -0.39 is 13.9 Å². The first kappa shape index (κ1) is 32.3. The van der Waals surface area contributed by atoms with E-state index in [1.165, 1.54) is 22.5 Å². The molecule has 0 fully saturated rings. The van der Waals surface area contributed by atoms with Gasteiger partial charge >= 0.3 is 0 Å². The Morgan fingerprint density at radius 3 is 1.78 bits per heavy atom. The van der Waals surface area contributed by atoms with Gasteiger partial charge in [-0.2, -0.15) is 0 Å². The lowest BCUT2D eigenvalue weighted by Gasteiger charge is -2.44. The number of hydrogen-bond donors (Lipinski definition) is 0. The summed E-state index contributed by atoms with van der Waals surface area (Å²) in [6.45, 7) is 13.7. The van der Waals surface area contributed by atoms with E-state index in [2.05, 4.69) is 69.3 Å². The molecule has 0 heterocycles. The Bertz CT molecular complexity index is 1240. The molecule has 2 amide bonds. The lowest BCUT2D eigenvalue weighted by atomic mass is 9.98. The number of carbonyl (C=O) groups is 2. The summed E-state index contributed by atoms with van der Waals surface area (Å²) in [5, 5.41) is 3.49. The third-order valence-electron chi connectivity index (χ3n) is 7.59. The van der Waals surface area contributed by atoms with Gasteiger partial charge in [0.05, 0.1) is 13.7 Å². The van der Waals surface area contributed by atoms with Crippen LogP contribution in [-0.4, -0.2) is 62.9 Å². The van der Waals surface area contributed by atoms with Gasteiger partial charge in [-0.1, -0.05) is 99.6 Å². The van der Waals surface area contributed by atoms with Crippen molar-refractivity contribution < 1.29 is 18.9 Å². The van der Waals surface area contributed by atoms with Crippen LogP contribution in [0.3, 0.4) is 0 Å². The van der Waals surface area contributed by atoms with Crippen LogP contribution in [0.25, 0.3) is 0 Å². The van der Waals surface area contributed by atoms with Gasteiger partial charge in [-0.3, -0.25) is 14.4 Å². The van der Waals surface area contributed by atoms with Crippen molar-refractivity contribution in [2.45, 2.75) is 65.0 Å². The number of nitrogens with zero attached hydrogens (tertiary/aromatic N) is 2. The molecule has 3 aromatic rings. The van der Waals surface area contributed by atoms with Crippen LogP contribution < -0.4 is 10.4 Å². The minimum absolute atomic E-state index is 0.0632. The van der Waals surface area contributed by atoms with Gasteiger partial charge in [-0.15, -0.1) is 0 Å². The summed E-state index contributed by atoms with van der Waals surface area (Å²) in [6, 6.07) is 28.6. The standard InChI is InChI=1S/C34H46N2O4Si/c1-33(2,3)36(32(38)30-22-16-15-17-27(30)23-24-31(37)35(7)39-8)25-26-40-41(34(4,5)6,28-18-11-9-12-19-28)29-20-13-10-14-21-29/h9-22H,23-26H2,1-8H3. The van der Waals surface area contributed by atoms with Crippen molar-refractivity contribution in [3.8, 4) is 0 Å². The van der Waals surface area contributed by atoms with Crippen LogP contribution >= 0.6 is 0 Å². The van der Waals surface area contributed by atoms with Crippen molar-refractivity contribution in [1.29, 1.82) is 0 Å². The molecule has 0 saturated carbocycles. The van der Waals surface area contributed by atoms with E-state index in [4.69, 9.17) is 9.26 Å². The summed E-state index contributed by atoms with van der Waals surface area (Å²) in [5.74, 6) is -0.201. The maximum atomic E-state index is 14.1. The number of hydroxylamine groups is 2. The fourth-order valence-electron chi connectivity index (χ4n) is 5.39. The van der Waals surface area contributed by atoms with Crippen LogP contribution in [0.5, 0.6) is 0 Å². The highest BCUT2D eigenvalue weighted by molar-refractivity contribution is 6.99. The van der Waals surface area contributed by atoms with Gasteiger partial charge in [0.1, 0.15) is 0 Å². The average Bonchev–Trinajstić information content (AvgIpc) is 2.95. The van der Waals surface area contributed by atoms with Gasteiger partial charge < -0.3 is 9.33 Å². The minimum atomic E-state index is -2.73. The van der Waals surface area contributed by atoms with Gasteiger partial charge in [0, 0.05) is 31.1 Å². The average molecular weight is 575 g/mol. The Hall–Kier alpha value is -3.26. The highest BCUT2D eigenvalue weighted by Crippen LogP contribution is 2.36. The monoisotopic (exact) mass is 574 g/mol. The van der Waals surface area contributed by atoms with E-state index in [9.17, 15) is 9.59 Å². The second-order valence-corrected chi connectivity index (χ2v) is 16.7. The van der Waals surface area contributed by atoms with Crippen molar-refractivity contribution in [2.75, 3.05) is 27.3 Å². The Balaban J connectivity index is 1.92. The molecule has 0 unspecified atom stereocenters. The number of benzene rings is 3. The SMILES string of the molecule is CON(C)C(=O)CCc1ccccc1C(=O)N(CCO[Si](c1ccccc1)(c1ccccc1)C(C)(C)C)C(C)(C)C. The number of amides is 2.